The van der Waals surface area contributed by atoms with Gasteiger partial charge < -0.3 is 10.1 Å². The molecule has 0 heterocycles. The molecule has 2 aromatic carbocycles. The summed E-state index contributed by atoms with van der Waals surface area (Å²) in [5, 5.41) is 2.96. The Morgan fingerprint density at radius 1 is 1.17 bits per heavy atom. The Balaban J connectivity index is 2.16. The van der Waals surface area contributed by atoms with Gasteiger partial charge in [-0.1, -0.05) is 31.6 Å². The third kappa shape index (κ3) is 6.18. The molecular formula is C23H30N2O4S. The lowest BCUT2D eigenvalue weighted by atomic mass is 10.1. The molecule has 0 aliphatic rings. The lowest BCUT2D eigenvalue weighted by molar-refractivity contribution is 0.0938. The van der Waals surface area contributed by atoms with E-state index in [-0.39, 0.29) is 29.9 Å². The fourth-order valence-electron chi connectivity index (χ4n) is 3.07. The predicted octanol–water partition coefficient (Wildman–Crippen LogP) is 3.99. The Morgan fingerprint density at radius 2 is 1.80 bits per heavy atom. The number of ether oxygens (including phenoxy) is 1. The average molecular weight is 431 g/mol. The highest BCUT2D eigenvalue weighted by Gasteiger charge is 2.24. The molecule has 0 spiro atoms. The van der Waals surface area contributed by atoms with Crippen molar-refractivity contribution in [3.63, 3.8) is 0 Å². The predicted molar refractivity (Wildman–Crippen MR) is 119 cm³/mol. The van der Waals surface area contributed by atoms with Crippen molar-refractivity contribution in [2.75, 3.05) is 13.7 Å². The average Bonchev–Trinajstić information content (AvgIpc) is 2.74. The second-order valence-electron chi connectivity index (χ2n) is 7.12. The van der Waals surface area contributed by atoms with Gasteiger partial charge in [-0.3, -0.25) is 4.79 Å². The number of nitrogens with zero attached hydrogens (tertiary/aromatic N) is 1. The number of carbonyl (C=O) groups is 1. The van der Waals surface area contributed by atoms with Gasteiger partial charge in [-0.15, -0.1) is 6.58 Å². The number of rotatable bonds is 11. The van der Waals surface area contributed by atoms with E-state index < -0.39 is 10.0 Å². The van der Waals surface area contributed by atoms with Crippen molar-refractivity contribution in [3.05, 3.63) is 72.3 Å². The topological polar surface area (TPSA) is 75.7 Å². The monoisotopic (exact) mass is 430 g/mol. The van der Waals surface area contributed by atoms with E-state index in [1.54, 1.807) is 42.5 Å². The minimum Gasteiger partial charge on any atom is -0.497 e. The summed E-state index contributed by atoms with van der Waals surface area (Å²) in [7, 11) is -2.18. The van der Waals surface area contributed by atoms with Gasteiger partial charge in [0.15, 0.2) is 0 Å². The lowest BCUT2D eigenvalue weighted by Crippen LogP contribution is -2.32. The summed E-state index contributed by atoms with van der Waals surface area (Å²) in [5.41, 5.74) is 1.34. The van der Waals surface area contributed by atoms with Crippen LogP contribution in [0.15, 0.2) is 66.1 Å². The summed E-state index contributed by atoms with van der Waals surface area (Å²) in [6.45, 7) is 8.08. The zero-order chi connectivity index (χ0) is 22.1. The molecule has 0 saturated carbocycles. The first-order valence-electron chi connectivity index (χ1n) is 9.96. The second-order valence-corrected chi connectivity index (χ2v) is 9.06. The first-order valence-corrected chi connectivity index (χ1v) is 11.4. The van der Waals surface area contributed by atoms with Gasteiger partial charge in [0.1, 0.15) is 5.75 Å². The number of hydrogen-bond acceptors (Lipinski definition) is 4. The molecule has 30 heavy (non-hydrogen) atoms. The Bertz CT molecular complexity index is 938. The van der Waals surface area contributed by atoms with Gasteiger partial charge in [0.05, 0.1) is 12.0 Å². The van der Waals surface area contributed by atoms with Gasteiger partial charge in [-0.2, -0.15) is 4.31 Å². The molecule has 0 bridgehead atoms. The molecule has 2 rings (SSSR count). The van der Waals surface area contributed by atoms with Crippen LogP contribution in [-0.2, 0) is 16.6 Å². The van der Waals surface area contributed by atoms with Gasteiger partial charge in [-0.05, 0) is 55.3 Å². The second kappa shape index (κ2) is 10.9. The maximum atomic E-state index is 13.1. The number of carbonyl (C=O) groups excluding carboxylic acids is 1. The molecular weight excluding hydrogens is 400 g/mol. The van der Waals surface area contributed by atoms with Gasteiger partial charge in [0, 0.05) is 24.7 Å². The van der Waals surface area contributed by atoms with Gasteiger partial charge in [-0.25, -0.2) is 8.42 Å². The third-order valence-corrected chi connectivity index (χ3v) is 6.53. The molecule has 7 heteroatoms. The van der Waals surface area contributed by atoms with Crippen LogP contribution in [0.3, 0.4) is 0 Å². The molecule has 1 N–H and O–H groups in total. The van der Waals surface area contributed by atoms with E-state index in [2.05, 4.69) is 18.8 Å². The zero-order valence-electron chi connectivity index (χ0n) is 17.8. The fraction of sp³-hybridized carbons (Fsp3) is 0.348. The minimum absolute atomic E-state index is 0.111. The Hall–Kier alpha value is -2.64. The van der Waals surface area contributed by atoms with Crippen LogP contribution in [0.2, 0.25) is 0 Å². The van der Waals surface area contributed by atoms with Crippen molar-refractivity contribution in [2.24, 2.45) is 0 Å². The Morgan fingerprint density at radius 3 is 2.33 bits per heavy atom. The standard InChI is InChI=1S/C23H30N2O4S/c1-5-7-18(3)24-23(26)20-10-8-19(9-11-20)17-25(16-6-2)30(27,28)22-14-12-21(29-4)13-15-22/h6,8-15,18H,2,5,7,16-17H2,1,3-4H3,(H,24,26)/t18-/m0/s1. The largest absolute Gasteiger partial charge is 0.497 e. The number of hydrogen-bond donors (Lipinski definition) is 1. The highest BCUT2D eigenvalue weighted by Crippen LogP contribution is 2.21. The number of sulfonamides is 1. The van der Waals surface area contributed by atoms with E-state index >= 15 is 0 Å². The molecule has 6 nitrogen and oxygen atoms in total. The normalized spacial score (nSPS) is 12.4. The first kappa shape index (κ1) is 23.6. The van der Waals surface area contributed by atoms with Crippen molar-refractivity contribution in [1.29, 1.82) is 0 Å². The summed E-state index contributed by atoms with van der Waals surface area (Å²) in [6.07, 6.45) is 3.48. The quantitative estimate of drug-likeness (QED) is 0.547. The maximum absolute atomic E-state index is 13.1. The van der Waals surface area contributed by atoms with Gasteiger partial charge in [0.25, 0.3) is 5.91 Å². The lowest BCUT2D eigenvalue weighted by Gasteiger charge is -2.21. The van der Waals surface area contributed by atoms with E-state index in [1.807, 2.05) is 6.92 Å². The minimum atomic E-state index is -3.71. The highest BCUT2D eigenvalue weighted by molar-refractivity contribution is 7.89. The molecule has 0 unspecified atom stereocenters. The van der Waals surface area contributed by atoms with Crippen LogP contribution in [0, 0.1) is 0 Å². The molecule has 0 fully saturated rings. The molecule has 1 amide bonds. The van der Waals surface area contributed by atoms with Crippen LogP contribution in [0.1, 0.15) is 42.6 Å². The van der Waals surface area contributed by atoms with E-state index in [1.165, 1.54) is 23.5 Å². The number of nitrogens with one attached hydrogen (secondary N) is 1. The summed E-state index contributed by atoms with van der Waals surface area (Å²) in [4.78, 5) is 12.5. The number of methoxy groups -OCH3 is 1. The van der Waals surface area contributed by atoms with Crippen molar-refractivity contribution in [2.45, 2.75) is 44.2 Å². The number of amides is 1. The van der Waals surface area contributed by atoms with Crippen molar-refractivity contribution >= 4 is 15.9 Å². The van der Waals surface area contributed by atoms with Crippen molar-refractivity contribution < 1.29 is 17.9 Å². The van der Waals surface area contributed by atoms with Crippen LogP contribution in [0.25, 0.3) is 0 Å². The van der Waals surface area contributed by atoms with E-state index in [0.29, 0.717) is 11.3 Å². The molecule has 0 saturated heterocycles. The van der Waals surface area contributed by atoms with Crippen LogP contribution in [0.4, 0.5) is 0 Å². The van der Waals surface area contributed by atoms with Crippen molar-refractivity contribution in [3.8, 4) is 5.75 Å². The van der Waals surface area contributed by atoms with Crippen LogP contribution >= 0.6 is 0 Å². The van der Waals surface area contributed by atoms with Gasteiger partial charge in [0.2, 0.25) is 10.0 Å². The van der Waals surface area contributed by atoms with Crippen LogP contribution in [0.5, 0.6) is 5.75 Å². The van der Waals surface area contributed by atoms with Gasteiger partial charge >= 0.3 is 0 Å². The molecule has 0 aliphatic carbocycles. The molecule has 162 valence electrons. The first-order chi connectivity index (χ1) is 14.3. The highest BCUT2D eigenvalue weighted by atomic mass is 32.2. The summed E-state index contributed by atoms with van der Waals surface area (Å²) in [6, 6.07) is 13.4. The summed E-state index contributed by atoms with van der Waals surface area (Å²) >= 11 is 0. The molecule has 0 aromatic heterocycles. The van der Waals surface area contributed by atoms with E-state index in [0.717, 1.165) is 18.4 Å². The zero-order valence-corrected chi connectivity index (χ0v) is 18.6. The van der Waals surface area contributed by atoms with E-state index in [4.69, 9.17) is 4.74 Å². The Kier molecular flexibility index (Phi) is 8.62. The maximum Gasteiger partial charge on any atom is 0.251 e. The Labute approximate surface area is 179 Å². The van der Waals surface area contributed by atoms with Crippen molar-refractivity contribution in [1.82, 2.24) is 9.62 Å². The molecule has 0 radical (unpaired) electrons. The van der Waals surface area contributed by atoms with Crippen LogP contribution < -0.4 is 10.1 Å². The SMILES string of the molecule is C=CCN(Cc1ccc(C(=O)N[C@@H](C)CCC)cc1)S(=O)(=O)c1ccc(OC)cc1. The summed E-state index contributed by atoms with van der Waals surface area (Å²) < 4.78 is 32.6. The third-order valence-electron chi connectivity index (χ3n) is 4.70. The summed E-state index contributed by atoms with van der Waals surface area (Å²) in [5.74, 6) is 0.461. The van der Waals surface area contributed by atoms with E-state index in [9.17, 15) is 13.2 Å². The number of benzene rings is 2. The smallest absolute Gasteiger partial charge is 0.251 e. The fourth-order valence-corrected chi connectivity index (χ4v) is 4.46. The molecule has 0 aliphatic heterocycles. The molecule has 1 atom stereocenters. The molecule has 2 aromatic rings. The van der Waals surface area contributed by atoms with Crippen LogP contribution in [-0.4, -0.2) is 38.3 Å².